The van der Waals surface area contributed by atoms with Gasteiger partial charge in [0.2, 0.25) is 5.91 Å². The molecule has 0 radical (unpaired) electrons. The van der Waals surface area contributed by atoms with Crippen molar-refractivity contribution in [3.63, 3.8) is 0 Å². The molecule has 2 N–H and O–H groups in total. The molecule has 0 atom stereocenters. The first-order valence-corrected chi connectivity index (χ1v) is 7.29. The molecule has 0 saturated heterocycles. The molecule has 0 spiro atoms. The summed E-state index contributed by atoms with van der Waals surface area (Å²) < 4.78 is 3.59. The Morgan fingerprint density at radius 3 is 3.06 bits per heavy atom. The molecule has 2 aromatic rings. The SMILES string of the molecule is O=C(Cn1c(=S)[nH]c2cc(I)ccc21)NC1CC1. The first-order chi connectivity index (χ1) is 8.63. The summed E-state index contributed by atoms with van der Waals surface area (Å²) >= 11 is 7.52. The molecule has 1 aliphatic carbocycles. The minimum atomic E-state index is 0.0352. The predicted octanol–water partition coefficient (Wildman–Crippen LogP) is 2.58. The molecule has 0 unspecified atom stereocenters. The second-order valence-corrected chi connectivity index (χ2v) is 6.15. The van der Waals surface area contributed by atoms with E-state index >= 15 is 0 Å². The molecule has 6 heteroatoms. The Hall–Kier alpha value is -0.890. The van der Waals surface area contributed by atoms with Gasteiger partial charge < -0.3 is 14.9 Å². The number of carbonyl (C=O) groups is 1. The standard InChI is InChI=1S/C12H12IN3OS/c13-7-1-4-10-9(5-7)15-12(18)16(10)6-11(17)14-8-2-3-8/h1,4-5,8H,2-3,6H2,(H,14,17)(H,15,18). The first-order valence-electron chi connectivity index (χ1n) is 5.81. The highest BCUT2D eigenvalue weighted by Crippen LogP contribution is 2.20. The van der Waals surface area contributed by atoms with Crippen molar-refractivity contribution in [3.05, 3.63) is 26.5 Å². The van der Waals surface area contributed by atoms with Gasteiger partial charge >= 0.3 is 0 Å². The van der Waals surface area contributed by atoms with Crippen LogP contribution < -0.4 is 5.32 Å². The van der Waals surface area contributed by atoms with Crippen molar-refractivity contribution in [1.82, 2.24) is 14.9 Å². The van der Waals surface area contributed by atoms with Gasteiger partial charge in [-0.3, -0.25) is 4.79 Å². The summed E-state index contributed by atoms with van der Waals surface area (Å²) in [5, 5.41) is 2.97. The van der Waals surface area contributed by atoms with E-state index < -0.39 is 0 Å². The molecule has 4 nitrogen and oxygen atoms in total. The third-order valence-electron chi connectivity index (χ3n) is 2.98. The zero-order chi connectivity index (χ0) is 12.7. The lowest BCUT2D eigenvalue weighted by Crippen LogP contribution is -2.29. The van der Waals surface area contributed by atoms with Gasteiger partial charge in [-0.2, -0.15) is 0 Å². The van der Waals surface area contributed by atoms with E-state index in [1.807, 2.05) is 22.8 Å². The van der Waals surface area contributed by atoms with Gasteiger partial charge in [0, 0.05) is 9.61 Å². The van der Waals surface area contributed by atoms with Crippen LogP contribution in [0.5, 0.6) is 0 Å². The summed E-state index contributed by atoms with van der Waals surface area (Å²) in [6.07, 6.45) is 2.20. The summed E-state index contributed by atoms with van der Waals surface area (Å²) in [5.41, 5.74) is 1.96. The van der Waals surface area contributed by atoms with E-state index in [2.05, 4.69) is 32.9 Å². The highest BCUT2D eigenvalue weighted by Gasteiger charge is 2.23. The van der Waals surface area contributed by atoms with Crippen molar-refractivity contribution in [1.29, 1.82) is 0 Å². The first kappa shape index (κ1) is 12.2. The van der Waals surface area contributed by atoms with Gasteiger partial charge in [0.15, 0.2) is 4.77 Å². The Kier molecular flexibility index (Phi) is 3.14. The molecular weight excluding hydrogens is 361 g/mol. The minimum Gasteiger partial charge on any atom is -0.352 e. The lowest BCUT2D eigenvalue weighted by Gasteiger charge is -2.05. The average molecular weight is 373 g/mol. The van der Waals surface area contributed by atoms with Crippen molar-refractivity contribution in [2.75, 3.05) is 0 Å². The maximum atomic E-state index is 11.8. The quantitative estimate of drug-likeness (QED) is 0.642. The number of aromatic amines is 1. The number of aromatic nitrogens is 2. The maximum Gasteiger partial charge on any atom is 0.240 e. The average Bonchev–Trinajstić information content (AvgIpc) is 3.05. The van der Waals surface area contributed by atoms with E-state index in [9.17, 15) is 4.79 Å². The van der Waals surface area contributed by atoms with E-state index in [-0.39, 0.29) is 12.5 Å². The maximum absolute atomic E-state index is 11.8. The molecule has 94 valence electrons. The van der Waals surface area contributed by atoms with Gasteiger partial charge in [-0.1, -0.05) is 0 Å². The van der Waals surface area contributed by atoms with Gasteiger partial charge in [0.1, 0.15) is 6.54 Å². The number of benzene rings is 1. The highest BCUT2D eigenvalue weighted by atomic mass is 127. The molecule has 0 bridgehead atoms. The smallest absolute Gasteiger partial charge is 0.240 e. The Labute approximate surface area is 123 Å². The third-order valence-corrected chi connectivity index (χ3v) is 3.97. The molecule has 18 heavy (non-hydrogen) atoms. The number of halogens is 1. The second-order valence-electron chi connectivity index (χ2n) is 4.52. The summed E-state index contributed by atoms with van der Waals surface area (Å²) in [5.74, 6) is 0.0352. The summed E-state index contributed by atoms with van der Waals surface area (Å²) in [6.45, 7) is 0.288. The summed E-state index contributed by atoms with van der Waals surface area (Å²) in [6, 6.07) is 6.42. The summed E-state index contributed by atoms with van der Waals surface area (Å²) in [4.78, 5) is 15.0. The second kappa shape index (κ2) is 4.65. The van der Waals surface area contributed by atoms with Crippen LogP contribution >= 0.6 is 34.8 Å². The number of nitrogens with zero attached hydrogens (tertiary/aromatic N) is 1. The molecule has 0 aliphatic heterocycles. The number of nitrogens with one attached hydrogen (secondary N) is 2. The molecule has 3 rings (SSSR count). The Morgan fingerprint density at radius 1 is 1.56 bits per heavy atom. The molecule has 1 fully saturated rings. The van der Waals surface area contributed by atoms with Crippen molar-refractivity contribution in [2.45, 2.75) is 25.4 Å². The molecule has 1 aromatic heterocycles. The minimum absolute atomic E-state index is 0.0352. The molecular formula is C12H12IN3OS. The fourth-order valence-corrected chi connectivity index (χ4v) is 2.70. The van der Waals surface area contributed by atoms with Gasteiger partial charge in [-0.25, -0.2) is 0 Å². The predicted molar refractivity (Wildman–Crippen MR) is 81.0 cm³/mol. The van der Waals surface area contributed by atoms with E-state index in [1.165, 1.54) is 0 Å². The van der Waals surface area contributed by atoms with E-state index in [0.29, 0.717) is 10.8 Å². The van der Waals surface area contributed by atoms with Crippen LogP contribution in [0, 0.1) is 8.34 Å². The van der Waals surface area contributed by atoms with Crippen LogP contribution in [0.3, 0.4) is 0 Å². The van der Waals surface area contributed by atoms with E-state index in [0.717, 1.165) is 27.4 Å². The molecule has 1 aliphatic rings. The van der Waals surface area contributed by atoms with Crippen LogP contribution in [-0.4, -0.2) is 21.5 Å². The number of amides is 1. The fourth-order valence-electron chi connectivity index (χ4n) is 1.94. The number of fused-ring (bicyclic) bond motifs is 1. The number of hydrogen-bond acceptors (Lipinski definition) is 2. The largest absolute Gasteiger partial charge is 0.352 e. The Balaban J connectivity index is 1.92. The molecule has 1 aromatic carbocycles. The molecule has 1 amide bonds. The van der Waals surface area contributed by atoms with Crippen LogP contribution in [-0.2, 0) is 11.3 Å². The third kappa shape index (κ3) is 2.44. The lowest BCUT2D eigenvalue weighted by atomic mass is 10.3. The number of imidazole rings is 1. The Morgan fingerprint density at radius 2 is 2.33 bits per heavy atom. The lowest BCUT2D eigenvalue weighted by molar-refractivity contribution is -0.121. The highest BCUT2D eigenvalue weighted by molar-refractivity contribution is 14.1. The van der Waals surface area contributed by atoms with Crippen LogP contribution in [0.15, 0.2) is 18.2 Å². The number of rotatable bonds is 3. The number of carbonyl (C=O) groups excluding carboxylic acids is 1. The number of hydrogen-bond donors (Lipinski definition) is 2. The fraction of sp³-hybridized carbons (Fsp3) is 0.333. The van der Waals surface area contributed by atoms with Crippen LogP contribution in [0.25, 0.3) is 11.0 Å². The summed E-state index contributed by atoms with van der Waals surface area (Å²) in [7, 11) is 0. The zero-order valence-electron chi connectivity index (χ0n) is 9.57. The van der Waals surface area contributed by atoms with Crippen molar-refractivity contribution in [2.24, 2.45) is 0 Å². The van der Waals surface area contributed by atoms with Crippen molar-refractivity contribution < 1.29 is 4.79 Å². The van der Waals surface area contributed by atoms with Crippen LogP contribution in [0.1, 0.15) is 12.8 Å². The zero-order valence-corrected chi connectivity index (χ0v) is 12.5. The monoisotopic (exact) mass is 373 g/mol. The molecule has 1 saturated carbocycles. The van der Waals surface area contributed by atoms with Gasteiger partial charge in [0.05, 0.1) is 11.0 Å². The van der Waals surface area contributed by atoms with Gasteiger partial charge in [0.25, 0.3) is 0 Å². The van der Waals surface area contributed by atoms with Gasteiger partial charge in [-0.05, 0) is 65.8 Å². The van der Waals surface area contributed by atoms with Gasteiger partial charge in [-0.15, -0.1) is 0 Å². The van der Waals surface area contributed by atoms with Crippen LogP contribution in [0.2, 0.25) is 0 Å². The number of H-pyrrole nitrogens is 1. The topological polar surface area (TPSA) is 49.8 Å². The van der Waals surface area contributed by atoms with Crippen LogP contribution in [0.4, 0.5) is 0 Å². The van der Waals surface area contributed by atoms with Crippen molar-refractivity contribution in [3.8, 4) is 0 Å². The van der Waals surface area contributed by atoms with E-state index in [4.69, 9.17) is 12.2 Å². The van der Waals surface area contributed by atoms with E-state index in [1.54, 1.807) is 0 Å². The van der Waals surface area contributed by atoms with Crippen molar-refractivity contribution >= 4 is 51.7 Å². The Bertz CT molecular complexity index is 672. The molecule has 1 heterocycles. The normalized spacial score (nSPS) is 14.9.